The largest absolute Gasteiger partial charge is 0.459 e. The highest BCUT2D eigenvalue weighted by atomic mass is 19.1. The Labute approximate surface area is 201 Å². The minimum absolute atomic E-state index is 0.193. The maximum atomic E-state index is 13.3. The minimum Gasteiger partial charge on any atom is -0.459 e. The molecule has 0 spiro atoms. The standard InChI is InChI=1S/C26H22FN5O3/c27-19-8-10-20(11-9-19)29-24(33)23(18-5-2-1-3-6-18)31-12-14-32(15-13-31)26-21(17-28)30-25(35-26)22-7-4-16-34-22/h1-11,16,23H,12-15H2,(H,29,33). The lowest BCUT2D eigenvalue weighted by Gasteiger charge is -2.38. The highest BCUT2D eigenvalue weighted by Gasteiger charge is 2.32. The van der Waals surface area contributed by atoms with Gasteiger partial charge in [0.25, 0.3) is 5.89 Å². The van der Waals surface area contributed by atoms with Gasteiger partial charge < -0.3 is 19.1 Å². The highest BCUT2D eigenvalue weighted by Crippen LogP contribution is 2.31. The number of hydrogen-bond donors (Lipinski definition) is 1. The zero-order valence-electron chi connectivity index (χ0n) is 18.7. The molecule has 4 aromatic rings. The molecule has 0 saturated carbocycles. The lowest BCUT2D eigenvalue weighted by Crippen LogP contribution is -2.50. The van der Waals surface area contributed by atoms with E-state index in [0.717, 1.165) is 5.56 Å². The van der Waals surface area contributed by atoms with Crippen LogP contribution in [-0.4, -0.2) is 42.0 Å². The minimum atomic E-state index is -0.535. The molecule has 0 aliphatic carbocycles. The molecule has 5 rings (SSSR count). The van der Waals surface area contributed by atoms with Gasteiger partial charge >= 0.3 is 0 Å². The number of anilines is 2. The highest BCUT2D eigenvalue weighted by molar-refractivity contribution is 5.95. The van der Waals surface area contributed by atoms with E-state index in [9.17, 15) is 14.4 Å². The van der Waals surface area contributed by atoms with Crippen molar-refractivity contribution in [2.75, 3.05) is 36.4 Å². The van der Waals surface area contributed by atoms with E-state index in [2.05, 4.69) is 21.3 Å². The Morgan fingerprint density at radius 2 is 1.77 bits per heavy atom. The quantitative estimate of drug-likeness (QED) is 0.444. The monoisotopic (exact) mass is 471 g/mol. The summed E-state index contributed by atoms with van der Waals surface area (Å²) < 4.78 is 24.5. The average molecular weight is 471 g/mol. The molecule has 8 nitrogen and oxygen atoms in total. The molecule has 9 heteroatoms. The van der Waals surface area contributed by atoms with Gasteiger partial charge in [-0.2, -0.15) is 10.2 Å². The first kappa shape index (κ1) is 22.4. The molecule has 0 radical (unpaired) electrons. The molecule has 2 aromatic carbocycles. The van der Waals surface area contributed by atoms with Gasteiger partial charge in [0.2, 0.25) is 17.5 Å². The van der Waals surface area contributed by atoms with Crippen LogP contribution in [0.1, 0.15) is 17.3 Å². The number of piperazine rings is 1. The number of carbonyl (C=O) groups is 1. The number of carbonyl (C=O) groups excluding carboxylic acids is 1. The third-order valence-electron chi connectivity index (χ3n) is 5.89. The van der Waals surface area contributed by atoms with Crippen molar-refractivity contribution in [2.24, 2.45) is 0 Å². The Hall–Kier alpha value is -4.42. The Bertz CT molecular complexity index is 1320. The van der Waals surface area contributed by atoms with Crippen molar-refractivity contribution in [3.8, 4) is 17.7 Å². The number of halogens is 1. The Kier molecular flexibility index (Phi) is 6.28. The summed E-state index contributed by atoms with van der Waals surface area (Å²) in [4.78, 5) is 21.6. The van der Waals surface area contributed by atoms with Crippen LogP contribution in [0, 0.1) is 17.1 Å². The predicted octanol–water partition coefficient (Wildman–Crippen LogP) is 4.45. The summed E-state index contributed by atoms with van der Waals surface area (Å²) >= 11 is 0. The lowest BCUT2D eigenvalue weighted by molar-refractivity contribution is -0.121. The first-order valence-corrected chi connectivity index (χ1v) is 11.2. The van der Waals surface area contributed by atoms with Gasteiger partial charge in [0.15, 0.2) is 5.76 Å². The van der Waals surface area contributed by atoms with Crippen molar-refractivity contribution < 1.29 is 18.0 Å². The van der Waals surface area contributed by atoms with Gasteiger partial charge in [-0.15, -0.1) is 0 Å². The smallest absolute Gasteiger partial charge is 0.266 e. The van der Waals surface area contributed by atoms with E-state index in [4.69, 9.17) is 8.83 Å². The Balaban J connectivity index is 1.34. The van der Waals surface area contributed by atoms with Gasteiger partial charge in [-0.1, -0.05) is 30.3 Å². The topological polar surface area (TPSA) is 98.5 Å². The van der Waals surface area contributed by atoms with Crippen LogP contribution in [-0.2, 0) is 4.79 Å². The summed E-state index contributed by atoms with van der Waals surface area (Å²) in [6, 6.07) is 20.2. The van der Waals surface area contributed by atoms with E-state index in [1.54, 1.807) is 12.1 Å². The Morgan fingerprint density at radius 3 is 2.43 bits per heavy atom. The number of rotatable bonds is 6. The van der Waals surface area contributed by atoms with Crippen molar-refractivity contribution in [3.05, 3.63) is 90.1 Å². The zero-order chi connectivity index (χ0) is 24.2. The SMILES string of the molecule is N#Cc1nc(-c2ccco2)oc1N1CCN(C(C(=O)Nc2ccc(F)cc2)c2ccccc2)CC1. The number of nitriles is 1. The molecule has 1 N–H and O–H groups in total. The Morgan fingerprint density at radius 1 is 1.03 bits per heavy atom. The summed E-state index contributed by atoms with van der Waals surface area (Å²) in [5, 5.41) is 12.5. The van der Waals surface area contributed by atoms with Crippen molar-refractivity contribution in [1.29, 1.82) is 5.26 Å². The number of nitrogens with zero attached hydrogens (tertiary/aromatic N) is 4. The number of hydrogen-bond acceptors (Lipinski definition) is 7. The fourth-order valence-corrected chi connectivity index (χ4v) is 4.20. The van der Waals surface area contributed by atoms with E-state index in [1.807, 2.05) is 35.2 Å². The van der Waals surface area contributed by atoms with Crippen molar-refractivity contribution >= 4 is 17.5 Å². The summed E-state index contributed by atoms with van der Waals surface area (Å²) in [6.07, 6.45) is 1.52. The molecular weight excluding hydrogens is 449 g/mol. The van der Waals surface area contributed by atoms with Crippen LogP contribution in [0.3, 0.4) is 0 Å². The number of benzene rings is 2. The molecule has 176 valence electrons. The maximum Gasteiger partial charge on any atom is 0.266 e. The van der Waals surface area contributed by atoms with E-state index >= 15 is 0 Å². The normalized spacial score (nSPS) is 14.9. The molecule has 35 heavy (non-hydrogen) atoms. The lowest BCUT2D eigenvalue weighted by atomic mass is 10.0. The van der Waals surface area contributed by atoms with E-state index in [-0.39, 0.29) is 23.3 Å². The summed E-state index contributed by atoms with van der Waals surface area (Å²) in [5.74, 6) is 0.537. The molecule has 1 saturated heterocycles. The van der Waals surface area contributed by atoms with Crippen molar-refractivity contribution in [3.63, 3.8) is 0 Å². The van der Waals surface area contributed by atoms with Crippen LogP contribution in [0.4, 0.5) is 16.0 Å². The second-order valence-electron chi connectivity index (χ2n) is 8.09. The molecular formula is C26H22FN5O3. The molecule has 1 fully saturated rings. The van der Waals surface area contributed by atoms with E-state index in [1.165, 1.54) is 30.5 Å². The second kappa shape index (κ2) is 9.83. The van der Waals surface area contributed by atoms with Crippen molar-refractivity contribution in [2.45, 2.75) is 6.04 Å². The van der Waals surface area contributed by atoms with Crippen LogP contribution in [0.15, 0.2) is 81.8 Å². The van der Waals surface area contributed by atoms with Crippen LogP contribution < -0.4 is 10.2 Å². The number of aromatic nitrogens is 1. The van der Waals surface area contributed by atoms with E-state index in [0.29, 0.717) is 43.5 Å². The average Bonchev–Trinajstić information content (AvgIpc) is 3.57. The molecule has 3 heterocycles. The summed E-state index contributed by atoms with van der Waals surface area (Å²) in [5.41, 5.74) is 1.58. The summed E-state index contributed by atoms with van der Waals surface area (Å²) in [7, 11) is 0. The van der Waals surface area contributed by atoms with Crippen LogP contribution >= 0.6 is 0 Å². The first-order chi connectivity index (χ1) is 17.1. The molecule has 1 amide bonds. The molecule has 0 bridgehead atoms. The van der Waals surface area contributed by atoms with Gasteiger partial charge in [0.1, 0.15) is 17.9 Å². The van der Waals surface area contributed by atoms with Crippen LogP contribution in [0.25, 0.3) is 11.7 Å². The molecule has 1 atom stereocenters. The van der Waals surface area contributed by atoms with Crippen molar-refractivity contribution in [1.82, 2.24) is 9.88 Å². The predicted molar refractivity (Wildman–Crippen MR) is 127 cm³/mol. The number of amides is 1. The third-order valence-corrected chi connectivity index (χ3v) is 5.89. The van der Waals surface area contributed by atoms with Gasteiger partial charge in [-0.3, -0.25) is 9.69 Å². The van der Waals surface area contributed by atoms with Gasteiger partial charge in [0, 0.05) is 31.9 Å². The maximum absolute atomic E-state index is 13.3. The summed E-state index contributed by atoms with van der Waals surface area (Å²) in [6.45, 7) is 2.18. The zero-order valence-corrected chi connectivity index (χ0v) is 18.7. The first-order valence-electron chi connectivity index (χ1n) is 11.2. The molecule has 2 aromatic heterocycles. The molecule has 1 aliphatic heterocycles. The second-order valence-corrected chi connectivity index (χ2v) is 8.09. The fraction of sp³-hybridized carbons (Fsp3) is 0.192. The van der Waals surface area contributed by atoms with Crippen LogP contribution in [0.2, 0.25) is 0 Å². The number of furan rings is 1. The fourth-order valence-electron chi connectivity index (χ4n) is 4.20. The molecule has 1 unspecified atom stereocenters. The van der Waals surface area contributed by atoms with Gasteiger partial charge in [-0.05, 0) is 42.0 Å². The number of nitrogens with one attached hydrogen (secondary N) is 1. The number of oxazole rings is 1. The van der Waals surface area contributed by atoms with Gasteiger partial charge in [0.05, 0.1) is 6.26 Å². The van der Waals surface area contributed by atoms with Gasteiger partial charge in [-0.25, -0.2) is 4.39 Å². The molecule has 1 aliphatic rings. The third kappa shape index (κ3) is 4.78. The van der Waals surface area contributed by atoms with Crippen LogP contribution in [0.5, 0.6) is 0 Å². The van der Waals surface area contributed by atoms with E-state index < -0.39 is 6.04 Å².